The molecule has 4 nitrogen and oxygen atoms in total. The molecular formula is C8H11F2N3O. The van der Waals surface area contributed by atoms with Crippen molar-refractivity contribution >= 4 is 0 Å². The monoisotopic (exact) mass is 203 g/mol. The Morgan fingerprint density at radius 1 is 1.57 bits per heavy atom. The van der Waals surface area contributed by atoms with Gasteiger partial charge in [0.1, 0.15) is 11.5 Å². The van der Waals surface area contributed by atoms with Crippen LogP contribution in [0.5, 0.6) is 0 Å². The molecule has 0 fully saturated rings. The van der Waals surface area contributed by atoms with Gasteiger partial charge in [0, 0.05) is 12.5 Å². The molecule has 0 aliphatic carbocycles. The Hall–Kier alpha value is -1.30. The third-order valence-corrected chi connectivity index (χ3v) is 1.65. The van der Waals surface area contributed by atoms with Crippen LogP contribution in [0.25, 0.3) is 0 Å². The van der Waals surface area contributed by atoms with Crippen molar-refractivity contribution in [3.05, 3.63) is 27.9 Å². The summed E-state index contributed by atoms with van der Waals surface area (Å²) in [6.07, 6.45) is -1.70. The zero-order valence-electron chi connectivity index (χ0n) is 7.46. The molecule has 0 spiro atoms. The van der Waals surface area contributed by atoms with Gasteiger partial charge < -0.3 is 10.7 Å². The quantitative estimate of drug-likeness (QED) is 0.752. The number of halogens is 2. The van der Waals surface area contributed by atoms with E-state index in [9.17, 15) is 13.6 Å². The van der Waals surface area contributed by atoms with Crippen LogP contribution in [0.2, 0.25) is 0 Å². The maximum absolute atomic E-state index is 12.2. The third kappa shape index (κ3) is 2.88. The minimum atomic E-state index is -2.71. The fourth-order valence-corrected chi connectivity index (χ4v) is 1.03. The molecule has 0 saturated carbocycles. The van der Waals surface area contributed by atoms with E-state index in [1.807, 2.05) is 0 Å². The van der Waals surface area contributed by atoms with Crippen molar-refractivity contribution < 1.29 is 8.78 Å². The molecule has 0 aromatic carbocycles. The second-order valence-electron chi connectivity index (χ2n) is 2.81. The zero-order chi connectivity index (χ0) is 10.6. The van der Waals surface area contributed by atoms with Gasteiger partial charge in [0.2, 0.25) is 0 Å². The summed E-state index contributed by atoms with van der Waals surface area (Å²) in [6, 6.07) is 0.802. The van der Waals surface area contributed by atoms with Crippen molar-refractivity contribution in [1.82, 2.24) is 9.97 Å². The van der Waals surface area contributed by atoms with E-state index < -0.39 is 17.7 Å². The number of aromatic nitrogens is 2. The molecule has 1 aromatic heterocycles. The van der Waals surface area contributed by atoms with Crippen LogP contribution in [0.4, 0.5) is 8.78 Å². The van der Waals surface area contributed by atoms with E-state index in [0.717, 1.165) is 6.07 Å². The lowest BCUT2D eigenvalue weighted by atomic mass is 10.3. The predicted molar refractivity (Wildman–Crippen MR) is 47.2 cm³/mol. The molecule has 78 valence electrons. The molecule has 0 saturated heterocycles. The maximum atomic E-state index is 12.2. The second-order valence-corrected chi connectivity index (χ2v) is 2.81. The number of nitrogens with two attached hydrogens (primary N) is 1. The molecular weight excluding hydrogens is 192 g/mol. The third-order valence-electron chi connectivity index (χ3n) is 1.65. The molecule has 1 heterocycles. The Morgan fingerprint density at radius 3 is 2.86 bits per heavy atom. The lowest BCUT2D eigenvalue weighted by Crippen LogP contribution is -2.14. The smallest absolute Gasteiger partial charge is 0.280 e. The van der Waals surface area contributed by atoms with Crippen LogP contribution in [-0.4, -0.2) is 16.5 Å². The van der Waals surface area contributed by atoms with Crippen LogP contribution in [0.3, 0.4) is 0 Å². The fourth-order valence-electron chi connectivity index (χ4n) is 1.03. The van der Waals surface area contributed by atoms with Gasteiger partial charge in [-0.2, -0.15) is 0 Å². The maximum Gasteiger partial charge on any atom is 0.280 e. The van der Waals surface area contributed by atoms with Crippen molar-refractivity contribution in [3.8, 4) is 0 Å². The summed E-state index contributed by atoms with van der Waals surface area (Å²) in [6.45, 7) is 0.433. The Kier molecular flexibility index (Phi) is 3.70. The summed E-state index contributed by atoms with van der Waals surface area (Å²) in [5, 5.41) is 0. The molecule has 14 heavy (non-hydrogen) atoms. The molecule has 0 aliphatic heterocycles. The van der Waals surface area contributed by atoms with Gasteiger partial charge in [-0.15, -0.1) is 0 Å². The lowest BCUT2D eigenvalue weighted by molar-refractivity contribution is 0.145. The van der Waals surface area contributed by atoms with E-state index in [4.69, 9.17) is 5.73 Å². The van der Waals surface area contributed by atoms with Crippen molar-refractivity contribution in [2.24, 2.45) is 5.73 Å². The van der Waals surface area contributed by atoms with Crippen molar-refractivity contribution in [1.29, 1.82) is 0 Å². The number of nitrogens with zero attached hydrogens (tertiary/aromatic N) is 1. The molecule has 0 aliphatic rings. The molecule has 0 radical (unpaired) electrons. The number of aromatic amines is 1. The minimum Gasteiger partial charge on any atom is -0.330 e. The molecule has 3 N–H and O–H groups in total. The first-order chi connectivity index (χ1) is 6.63. The molecule has 0 atom stereocenters. The first kappa shape index (κ1) is 10.8. The number of H-pyrrole nitrogens is 1. The summed E-state index contributed by atoms with van der Waals surface area (Å²) in [4.78, 5) is 16.9. The molecule has 1 rings (SSSR count). The van der Waals surface area contributed by atoms with Crippen LogP contribution >= 0.6 is 0 Å². The number of alkyl halides is 2. The molecule has 0 bridgehead atoms. The first-order valence-corrected chi connectivity index (χ1v) is 4.22. The van der Waals surface area contributed by atoms with E-state index in [0.29, 0.717) is 19.4 Å². The molecule has 6 heteroatoms. The van der Waals surface area contributed by atoms with Gasteiger partial charge in [0.25, 0.3) is 12.0 Å². The average molecular weight is 203 g/mol. The van der Waals surface area contributed by atoms with E-state index in [-0.39, 0.29) is 5.82 Å². The van der Waals surface area contributed by atoms with Gasteiger partial charge in [-0.25, -0.2) is 13.8 Å². The van der Waals surface area contributed by atoms with Gasteiger partial charge >= 0.3 is 0 Å². The highest BCUT2D eigenvalue weighted by Gasteiger charge is 2.10. The molecule has 1 aromatic rings. The summed E-state index contributed by atoms with van der Waals surface area (Å²) in [5.74, 6) is 0.262. The van der Waals surface area contributed by atoms with Gasteiger partial charge in [-0.05, 0) is 13.0 Å². The summed E-state index contributed by atoms with van der Waals surface area (Å²) in [7, 11) is 0. The van der Waals surface area contributed by atoms with Crippen LogP contribution in [-0.2, 0) is 6.42 Å². The van der Waals surface area contributed by atoms with Crippen molar-refractivity contribution in [3.63, 3.8) is 0 Å². The number of hydrogen-bond donors (Lipinski definition) is 2. The number of hydrogen-bond acceptors (Lipinski definition) is 3. The Balaban J connectivity index is 2.90. The van der Waals surface area contributed by atoms with Gasteiger partial charge in [-0.3, -0.25) is 4.79 Å². The van der Waals surface area contributed by atoms with Crippen molar-refractivity contribution in [2.75, 3.05) is 6.54 Å². The van der Waals surface area contributed by atoms with Crippen molar-refractivity contribution in [2.45, 2.75) is 19.3 Å². The largest absolute Gasteiger partial charge is 0.330 e. The van der Waals surface area contributed by atoms with Crippen LogP contribution in [0, 0.1) is 0 Å². The summed E-state index contributed by atoms with van der Waals surface area (Å²) in [5.41, 5.74) is 4.21. The Morgan fingerprint density at radius 2 is 2.29 bits per heavy atom. The van der Waals surface area contributed by atoms with Gasteiger partial charge in [-0.1, -0.05) is 0 Å². The average Bonchev–Trinajstić information content (AvgIpc) is 2.14. The van der Waals surface area contributed by atoms with Crippen LogP contribution < -0.4 is 11.3 Å². The number of rotatable bonds is 4. The van der Waals surface area contributed by atoms with E-state index in [1.54, 1.807) is 0 Å². The molecule has 0 amide bonds. The predicted octanol–water partition coefficient (Wildman–Crippen LogP) is 0.599. The zero-order valence-corrected chi connectivity index (χ0v) is 7.46. The highest BCUT2D eigenvalue weighted by atomic mass is 19.3. The summed E-state index contributed by atoms with van der Waals surface area (Å²) >= 11 is 0. The highest BCUT2D eigenvalue weighted by molar-refractivity contribution is 5.04. The number of nitrogens with one attached hydrogen (secondary N) is 1. The topological polar surface area (TPSA) is 71.8 Å². The van der Waals surface area contributed by atoms with Gasteiger partial charge in [0.15, 0.2) is 0 Å². The van der Waals surface area contributed by atoms with E-state index in [2.05, 4.69) is 9.97 Å². The first-order valence-electron chi connectivity index (χ1n) is 4.22. The highest BCUT2D eigenvalue weighted by Crippen LogP contribution is 2.13. The molecule has 0 unspecified atom stereocenters. The van der Waals surface area contributed by atoms with Crippen LogP contribution in [0.1, 0.15) is 24.4 Å². The van der Waals surface area contributed by atoms with E-state index >= 15 is 0 Å². The lowest BCUT2D eigenvalue weighted by Gasteiger charge is -2.02. The van der Waals surface area contributed by atoms with E-state index in [1.165, 1.54) is 0 Å². The van der Waals surface area contributed by atoms with Gasteiger partial charge in [0.05, 0.1) is 0 Å². The Labute approximate surface area is 79.2 Å². The SMILES string of the molecule is NCCCc1nc(C(F)F)cc(=O)[nH]1. The minimum absolute atomic E-state index is 0.262. The normalized spacial score (nSPS) is 10.9. The second kappa shape index (κ2) is 4.80. The standard InChI is InChI=1S/C8H11F2N3O/c9-8(10)5-4-7(14)13-6(12-5)2-1-3-11/h4,8H,1-3,11H2,(H,12,13,14). The number of aryl methyl sites for hydroxylation is 1. The fraction of sp³-hybridized carbons (Fsp3) is 0.500. The van der Waals surface area contributed by atoms with Crippen LogP contribution in [0.15, 0.2) is 10.9 Å². The summed E-state index contributed by atoms with van der Waals surface area (Å²) < 4.78 is 24.4. The Bertz CT molecular complexity index is 351.